The molecule has 2 rings (SSSR count). The first-order valence-electron chi connectivity index (χ1n) is 6.51. The zero-order valence-corrected chi connectivity index (χ0v) is 11.0. The summed E-state index contributed by atoms with van der Waals surface area (Å²) in [6, 6.07) is 0. The van der Waals surface area contributed by atoms with E-state index in [0.717, 1.165) is 0 Å². The van der Waals surface area contributed by atoms with E-state index in [1.165, 1.54) is 0 Å². The number of carboxylic acid groups (broad SMARTS) is 1. The molecule has 0 atom stereocenters. The van der Waals surface area contributed by atoms with E-state index in [1.807, 2.05) is 0 Å². The standard InChI is InChI=1S/C13H17N3O4/c1-2-3-5-13(15-16-13)6-4-10(18)14-12(11(19)20)7-9(17)8-12/h1,9,17H,3-8H2,(H,14,18)(H,19,20). The molecule has 20 heavy (non-hydrogen) atoms. The Bertz CT molecular complexity index is 482. The summed E-state index contributed by atoms with van der Waals surface area (Å²) in [5, 5.41) is 28.7. The number of aliphatic hydroxyl groups is 1. The summed E-state index contributed by atoms with van der Waals surface area (Å²) in [6.45, 7) is 0. The maximum absolute atomic E-state index is 11.8. The van der Waals surface area contributed by atoms with E-state index in [0.29, 0.717) is 19.3 Å². The Balaban J connectivity index is 1.78. The molecule has 1 saturated carbocycles. The van der Waals surface area contributed by atoms with Crippen LogP contribution in [0.3, 0.4) is 0 Å². The van der Waals surface area contributed by atoms with Gasteiger partial charge in [0.25, 0.3) is 0 Å². The van der Waals surface area contributed by atoms with Gasteiger partial charge < -0.3 is 15.5 Å². The number of terminal acetylenes is 1. The molecule has 0 radical (unpaired) electrons. The smallest absolute Gasteiger partial charge is 0.329 e. The lowest BCUT2D eigenvalue weighted by Gasteiger charge is -2.42. The molecule has 0 saturated heterocycles. The van der Waals surface area contributed by atoms with Gasteiger partial charge in [0.2, 0.25) is 5.91 Å². The van der Waals surface area contributed by atoms with Crippen LogP contribution in [0.15, 0.2) is 10.2 Å². The van der Waals surface area contributed by atoms with Crippen molar-refractivity contribution in [1.29, 1.82) is 0 Å². The largest absolute Gasteiger partial charge is 0.480 e. The van der Waals surface area contributed by atoms with E-state index in [-0.39, 0.29) is 25.2 Å². The summed E-state index contributed by atoms with van der Waals surface area (Å²) in [6.07, 6.45) is 6.32. The Morgan fingerprint density at radius 3 is 2.45 bits per heavy atom. The van der Waals surface area contributed by atoms with Gasteiger partial charge in [-0.05, 0) is 0 Å². The van der Waals surface area contributed by atoms with Crippen LogP contribution in [0, 0.1) is 12.3 Å². The minimum atomic E-state index is -1.32. The number of hydrogen-bond donors (Lipinski definition) is 3. The van der Waals surface area contributed by atoms with Gasteiger partial charge in [-0.15, -0.1) is 12.3 Å². The number of rotatable bonds is 7. The lowest BCUT2D eigenvalue weighted by atomic mass is 9.74. The van der Waals surface area contributed by atoms with Crippen LogP contribution in [-0.2, 0) is 9.59 Å². The summed E-state index contributed by atoms with van der Waals surface area (Å²) in [7, 11) is 0. The number of carboxylic acids is 1. The van der Waals surface area contributed by atoms with Crippen LogP contribution in [0.1, 0.15) is 38.5 Å². The molecule has 1 aliphatic carbocycles. The topological polar surface area (TPSA) is 111 Å². The molecule has 0 unspecified atom stereocenters. The Morgan fingerprint density at radius 2 is 2.00 bits per heavy atom. The van der Waals surface area contributed by atoms with Crippen molar-refractivity contribution in [2.45, 2.75) is 55.8 Å². The molecule has 1 aliphatic heterocycles. The second kappa shape index (κ2) is 5.21. The van der Waals surface area contributed by atoms with E-state index >= 15 is 0 Å². The molecule has 0 spiro atoms. The van der Waals surface area contributed by atoms with Crippen molar-refractivity contribution >= 4 is 11.9 Å². The number of amides is 1. The second-order valence-electron chi connectivity index (χ2n) is 5.38. The van der Waals surface area contributed by atoms with Gasteiger partial charge in [-0.25, -0.2) is 4.79 Å². The van der Waals surface area contributed by atoms with Crippen molar-refractivity contribution in [3.63, 3.8) is 0 Å². The number of carbonyl (C=O) groups excluding carboxylic acids is 1. The van der Waals surface area contributed by atoms with Crippen LogP contribution >= 0.6 is 0 Å². The van der Waals surface area contributed by atoms with E-state index in [4.69, 9.17) is 11.5 Å². The first-order valence-corrected chi connectivity index (χ1v) is 6.51. The number of aliphatic carboxylic acids is 1. The second-order valence-corrected chi connectivity index (χ2v) is 5.38. The average molecular weight is 279 g/mol. The summed E-state index contributed by atoms with van der Waals surface area (Å²) in [5.74, 6) is 1.03. The Hall–Kier alpha value is -1.94. The highest BCUT2D eigenvalue weighted by Gasteiger charge is 2.51. The van der Waals surface area contributed by atoms with E-state index in [9.17, 15) is 14.7 Å². The predicted molar refractivity (Wildman–Crippen MR) is 68.6 cm³/mol. The van der Waals surface area contributed by atoms with Gasteiger partial charge in [0.15, 0.2) is 5.66 Å². The highest BCUT2D eigenvalue weighted by atomic mass is 16.4. The van der Waals surface area contributed by atoms with Crippen molar-refractivity contribution in [3.8, 4) is 12.3 Å². The first-order chi connectivity index (χ1) is 9.41. The average Bonchev–Trinajstić information content (AvgIpc) is 3.12. The third kappa shape index (κ3) is 2.96. The SMILES string of the molecule is C#CCCC1(CCC(=O)NC2(C(=O)O)CC(O)C2)N=N1. The first kappa shape index (κ1) is 14.5. The van der Waals surface area contributed by atoms with Crippen molar-refractivity contribution in [3.05, 3.63) is 0 Å². The number of nitrogens with one attached hydrogen (secondary N) is 1. The van der Waals surface area contributed by atoms with Gasteiger partial charge in [-0.1, -0.05) is 0 Å². The van der Waals surface area contributed by atoms with Crippen LogP contribution in [0.2, 0.25) is 0 Å². The molecule has 1 heterocycles. The molecule has 0 bridgehead atoms. The van der Waals surface area contributed by atoms with E-state index in [2.05, 4.69) is 21.5 Å². The highest BCUT2D eigenvalue weighted by Crippen LogP contribution is 2.38. The van der Waals surface area contributed by atoms with E-state index < -0.39 is 23.3 Å². The Labute approximate surface area is 116 Å². The molecule has 2 aliphatic rings. The summed E-state index contributed by atoms with van der Waals surface area (Å²) in [5.41, 5.74) is -1.86. The predicted octanol–water partition coefficient (Wildman–Crippen LogP) is 0.436. The molecule has 7 nitrogen and oxygen atoms in total. The van der Waals surface area contributed by atoms with Crippen LogP contribution in [0.25, 0.3) is 0 Å². The lowest BCUT2D eigenvalue weighted by Crippen LogP contribution is -2.64. The normalized spacial score (nSPS) is 29.1. The van der Waals surface area contributed by atoms with Gasteiger partial charge in [-0.2, -0.15) is 10.2 Å². The fourth-order valence-electron chi connectivity index (χ4n) is 2.39. The summed E-state index contributed by atoms with van der Waals surface area (Å²) < 4.78 is 0. The minimum absolute atomic E-state index is 0.0467. The third-order valence-electron chi connectivity index (χ3n) is 3.76. The maximum atomic E-state index is 11.8. The molecule has 0 aromatic carbocycles. The fourth-order valence-corrected chi connectivity index (χ4v) is 2.39. The summed E-state index contributed by atoms with van der Waals surface area (Å²) in [4.78, 5) is 23.0. The molecular weight excluding hydrogens is 262 g/mol. The monoisotopic (exact) mass is 279 g/mol. The van der Waals surface area contributed by atoms with Crippen LogP contribution in [-0.4, -0.2) is 39.4 Å². The van der Waals surface area contributed by atoms with Crippen molar-refractivity contribution in [1.82, 2.24) is 5.32 Å². The lowest BCUT2D eigenvalue weighted by molar-refractivity contribution is -0.157. The number of aliphatic hydroxyl groups excluding tert-OH is 1. The zero-order valence-electron chi connectivity index (χ0n) is 11.0. The van der Waals surface area contributed by atoms with Crippen molar-refractivity contribution in [2.24, 2.45) is 10.2 Å². The quantitative estimate of drug-likeness (QED) is 0.587. The van der Waals surface area contributed by atoms with Crippen LogP contribution < -0.4 is 5.32 Å². The fraction of sp³-hybridized carbons (Fsp3) is 0.692. The van der Waals surface area contributed by atoms with Gasteiger partial charge in [-0.3, -0.25) is 4.79 Å². The molecule has 3 N–H and O–H groups in total. The molecule has 1 amide bonds. The molecule has 7 heteroatoms. The molecule has 1 fully saturated rings. The molecule has 0 aromatic heterocycles. The summed E-state index contributed by atoms with van der Waals surface area (Å²) >= 11 is 0. The van der Waals surface area contributed by atoms with E-state index in [1.54, 1.807) is 0 Å². The molecular formula is C13H17N3O4. The number of nitrogens with zero attached hydrogens (tertiary/aromatic N) is 2. The maximum Gasteiger partial charge on any atom is 0.329 e. The van der Waals surface area contributed by atoms with Crippen molar-refractivity contribution < 1.29 is 19.8 Å². The zero-order chi connectivity index (χ0) is 14.8. The highest BCUT2D eigenvalue weighted by molar-refractivity contribution is 5.88. The Kier molecular flexibility index (Phi) is 3.77. The van der Waals surface area contributed by atoms with Gasteiger partial charge in [0.05, 0.1) is 6.10 Å². The minimum Gasteiger partial charge on any atom is -0.480 e. The van der Waals surface area contributed by atoms with Crippen LogP contribution in [0.4, 0.5) is 0 Å². The number of carbonyl (C=O) groups is 2. The molecule has 0 aromatic rings. The Morgan fingerprint density at radius 1 is 1.35 bits per heavy atom. The number of hydrogen-bond acceptors (Lipinski definition) is 5. The molecule has 108 valence electrons. The van der Waals surface area contributed by atoms with Gasteiger partial charge in [0.1, 0.15) is 5.54 Å². The van der Waals surface area contributed by atoms with Gasteiger partial charge in [0, 0.05) is 38.5 Å². The van der Waals surface area contributed by atoms with Gasteiger partial charge >= 0.3 is 5.97 Å². The van der Waals surface area contributed by atoms with Crippen molar-refractivity contribution in [2.75, 3.05) is 0 Å². The van der Waals surface area contributed by atoms with Crippen LogP contribution in [0.5, 0.6) is 0 Å². The third-order valence-corrected chi connectivity index (χ3v) is 3.76.